The van der Waals surface area contributed by atoms with E-state index < -0.39 is 11.2 Å². The van der Waals surface area contributed by atoms with Crippen LogP contribution in [0.25, 0.3) is 0 Å². The van der Waals surface area contributed by atoms with Crippen molar-refractivity contribution in [2.45, 2.75) is 48.4 Å². The van der Waals surface area contributed by atoms with Gasteiger partial charge in [0.2, 0.25) is 0 Å². The zero-order chi connectivity index (χ0) is 13.0. The topological polar surface area (TPSA) is 0 Å². The predicted octanol–water partition coefficient (Wildman–Crippen LogP) is 5.33. The Kier molecular flexibility index (Phi) is 6.01. The van der Waals surface area contributed by atoms with Crippen molar-refractivity contribution in [1.82, 2.24) is 0 Å². The van der Waals surface area contributed by atoms with Crippen molar-refractivity contribution < 1.29 is 8.78 Å². The second kappa shape index (κ2) is 7.07. The predicted molar refractivity (Wildman–Crippen MR) is 81.8 cm³/mol. The molecule has 0 nitrogen and oxygen atoms in total. The van der Waals surface area contributed by atoms with Gasteiger partial charge in [-0.2, -0.15) is 8.78 Å². The number of hydrogen-bond acceptors (Lipinski definition) is 3. The van der Waals surface area contributed by atoms with Crippen molar-refractivity contribution in [2.75, 3.05) is 17.8 Å². The van der Waals surface area contributed by atoms with Crippen molar-refractivity contribution in [3.8, 4) is 0 Å². The van der Waals surface area contributed by atoms with E-state index in [-0.39, 0.29) is 5.92 Å². The number of alkyl halides is 2. The molecule has 2 fully saturated rings. The monoisotopic (exact) mass is 312 g/mol. The van der Waals surface area contributed by atoms with E-state index in [1.165, 1.54) is 6.42 Å². The lowest BCUT2D eigenvalue weighted by Crippen LogP contribution is -2.32. The molecular formula is C13H22F2S3. The maximum Gasteiger partial charge on any atom is 0.296 e. The van der Waals surface area contributed by atoms with Crippen molar-refractivity contribution in [3.05, 3.63) is 0 Å². The molecule has 0 amide bonds. The molecule has 1 aliphatic carbocycles. The molecule has 18 heavy (non-hydrogen) atoms. The summed E-state index contributed by atoms with van der Waals surface area (Å²) in [5.41, 5.74) is 0. The maximum absolute atomic E-state index is 14.2. The Morgan fingerprint density at radius 1 is 1.17 bits per heavy atom. The first kappa shape index (κ1) is 15.3. The van der Waals surface area contributed by atoms with Crippen LogP contribution in [0.3, 0.4) is 0 Å². The van der Waals surface area contributed by atoms with Crippen LogP contribution in [0.2, 0.25) is 0 Å². The number of halogens is 2. The Balaban J connectivity index is 1.98. The standard InChI is InChI=1S/C13H22F2S3/c1-16-13(14,15)11(10-5-2-3-6-10)9-12-17-7-4-8-18-12/h10-12H,2-9H2,1H3. The first-order valence-corrected chi connectivity index (χ1v) is 10.1. The van der Waals surface area contributed by atoms with E-state index in [1.54, 1.807) is 6.26 Å². The van der Waals surface area contributed by atoms with Crippen molar-refractivity contribution >= 4 is 35.3 Å². The van der Waals surface area contributed by atoms with Crippen molar-refractivity contribution in [3.63, 3.8) is 0 Å². The van der Waals surface area contributed by atoms with Gasteiger partial charge in [0.05, 0.1) is 4.58 Å². The van der Waals surface area contributed by atoms with Crippen molar-refractivity contribution in [2.24, 2.45) is 11.8 Å². The lowest BCUT2D eigenvalue weighted by atomic mass is 9.88. The van der Waals surface area contributed by atoms with E-state index in [1.807, 2.05) is 23.5 Å². The molecule has 0 N–H and O–H groups in total. The van der Waals surface area contributed by atoms with Crippen LogP contribution in [0.1, 0.15) is 38.5 Å². The molecule has 2 aliphatic rings. The normalized spacial score (nSPS) is 25.5. The van der Waals surface area contributed by atoms with Crippen LogP contribution < -0.4 is 0 Å². The van der Waals surface area contributed by atoms with Gasteiger partial charge in [0.25, 0.3) is 5.25 Å². The summed E-state index contributed by atoms with van der Waals surface area (Å²) in [5, 5.41) is -2.53. The van der Waals surface area contributed by atoms with E-state index in [0.717, 1.165) is 49.0 Å². The van der Waals surface area contributed by atoms with E-state index in [2.05, 4.69) is 0 Å². The average molecular weight is 313 g/mol. The lowest BCUT2D eigenvalue weighted by molar-refractivity contribution is 0.00662. The molecule has 1 unspecified atom stereocenters. The number of thioether (sulfide) groups is 3. The largest absolute Gasteiger partial charge is 0.296 e. The van der Waals surface area contributed by atoms with Crippen LogP contribution in [0, 0.1) is 11.8 Å². The summed E-state index contributed by atoms with van der Waals surface area (Å²) in [6, 6.07) is 0. The zero-order valence-corrected chi connectivity index (χ0v) is 13.3. The number of hydrogen-bond donors (Lipinski definition) is 0. The van der Waals surface area contributed by atoms with Gasteiger partial charge in [-0.25, -0.2) is 0 Å². The summed E-state index contributed by atoms with van der Waals surface area (Å²) in [4.78, 5) is 0. The van der Waals surface area contributed by atoms with Crippen LogP contribution in [0.5, 0.6) is 0 Å². The molecular weight excluding hydrogens is 290 g/mol. The lowest BCUT2D eigenvalue weighted by Gasteiger charge is -2.33. The summed E-state index contributed by atoms with van der Waals surface area (Å²) >= 11 is 4.55. The van der Waals surface area contributed by atoms with Gasteiger partial charge >= 0.3 is 0 Å². The summed E-state index contributed by atoms with van der Waals surface area (Å²) in [6.07, 6.45) is 7.83. The quantitative estimate of drug-likeness (QED) is 0.673. The van der Waals surface area contributed by atoms with Crippen molar-refractivity contribution in [1.29, 1.82) is 0 Å². The van der Waals surface area contributed by atoms with E-state index in [4.69, 9.17) is 0 Å². The first-order valence-electron chi connectivity index (χ1n) is 6.79. The minimum atomic E-state index is -2.53. The molecule has 0 aromatic rings. The van der Waals surface area contributed by atoms with Gasteiger partial charge in [-0.1, -0.05) is 24.6 Å². The average Bonchev–Trinajstić information content (AvgIpc) is 2.90. The molecule has 1 saturated heterocycles. The molecule has 1 heterocycles. The molecule has 0 spiro atoms. The van der Waals surface area contributed by atoms with Crippen LogP contribution in [-0.2, 0) is 0 Å². The second-order valence-corrected chi connectivity index (χ2v) is 9.05. The highest BCUT2D eigenvalue weighted by Gasteiger charge is 2.45. The summed E-state index contributed by atoms with van der Waals surface area (Å²) in [7, 11) is 0. The minimum Gasteiger partial charge on any atom is -0.194 e. The van der Waals surface area contributed by atoms with E-state index in [9.17, 15) is 8.78 Å². The first-order chi connectivity index (χ1) is 8.63. The molecule has 1 atom stereocenters. The Labute approximate surface area is 122 Å². The fourth-order valence-electron chi connectivity index (χ4n) is 3.00. The fraction of sp³-hybridized carbons (Fsp3) is 1.00. The zero-order valence-electron chi connectivity index (χ0n) is 10.9. The van der Waals surface area contributed by atoms with Gasteiger partial charge in [0.15, 0.2) is 0 Å². The van der Waals surface area contributed by atoms with Crippen LogP contribution in [-0.4, -0.2) is 27.6 Å². The molecule has 106 valence electrons. The van der Waals surface area contributed by atoms with Gasteiger partial charge in [0, 0.05) is 5.92 Å². The van der Waals surface area contributed by atoms with Gasteiger partial charge in [-0.15, -0.1) is 23.5 Å². The summed E-state index contributed by atoms with van der Waals surface area (Å²) in [6.45, 7) is 0. The van der Waals surface area contributed by atoms with Crippen LogP contribution >= 0.6 is 35.3 Å². The van der Waals surface area contributed by atoms with Crippen LogP contribution in [0.15, 0.2) is 0 Å². The minimum absolute atomic E-state index is 0.260. The Hall–Kier alpha value is 0.910. The third kappa shape index (κ3) is 3.95. The summed E-state index contributed by atoms with van der Waals surface area (Å²) < 4.78 is 28.7. The fourth-order valence-corrected chi connectivity index (χ4v) is 6.57. The molecule has 0 bridgehead atoms. The van der Waals surface area contributed by atoms with E-state index in [0.29, 0.717) is 11.0 Å². The second-order valence-electron chi connectivity index (χ2n) is 5.18. The molecule has 0 aromatic carbocycles. The summed E-state index contributed by atoms with van der Waals surface area (Å²) in [5.74, 6) is 2.16. The Morgan fingerprint density at radius 2 is 1.78 bits per heavy atom. The highest BCUT2D eigenvalue weighted by Crippen LogP contribution is 2.49. The van der Waals surface area contributed by atoms with Gasteiger partial charge in [-0.3, -0.25) is 0 Å². The molecule has 0 aromatic heterocycles. The Morgan fingerprint density at radius 3 is 2.33 bits per heavy atom. The third-order valence-electron chi connectivity index (χ3n) is 4.02. The number of rotatable bonds is 5. The van der Waals surface area contributed by atoms with Gasteiger partial charge < -0.3 is 0 Å². The highest BCUT2D eigenvalue weighted by molar-refractivity contribution is 8.17. The Bertz CT molecular complexity index is 249. The van der Waals surface area contributed by atoms with Gasteiger partial charge in [0.1, 0.15) is 0 Å². The highest BCUT2D eigenvalue weighted by atomic mass is 32.2. The van der Waals surface area contributed by atoms with E-state index >= 15 is 0 Å². The third-order valence-corrected chi connectivity index (χ3v) is 7.86. The van der Waals surface area contributed by atoms with Crippen LogP contribution in [0.4, 0.5) is 8.78 Å². The maximum atomic E-state index is 14.2. The SMILES string of the molecule is CSC(F)(F)C(CC1SCCCS1)C1CCCC1. The molecule has 5 heteroatoms. The molecule has 1 aliphatic heterocycles. The smallest absolute Gasteiger partial charge is 0.194 e. The molecule has 2 rings (SSSR count). The molecule has 0 radical (unpaired) electrons. The van der Waals surface area contributed by atoms with Gasteiger partial charge in [-0.05, 0) is 49.4 Å². The molecule has 1 saturated carbocycles.